The van der Waals surface area contributed by atoms with Crippen molar-refractivity contribution in [3.63, 3.8) is 0 Å². The van der Waals surface area contributed by atoms with Crippen LogP contribution in [-0.4, -0.2) is 23.3 Å². The van der Waals surface area contributed by atoms with Gasteiger partial charge in [-0.2, -0.15) is 4.57 Å². The number of carbonyl (C=O) groups excluding carboxylic acids is 2. The van der Waals surface area contributed by atoms with Gasteiger partial charge < -0.3 is 21.7 Å². The number of benzene rings is 2. The number of aromatic nitrogens is 1. The van der Waals surface area contributed by atoms with Crippen LogP contribution in [0, 0.1) is 17.0 Å². The van der Waals surface area contributed by atoms with Crippen molar-refractivity contribution in [1.82, 2.24) is 0 Å². The molecule has 0 aliphatic heterocycles. The Morgan fingerprint density at radius 3 is 2.55 bits per heavy atom. The average molecular weight is 526 g/mol. The maximum atomic E-state index is 12.4. The number of thiazole rings is 1. The second-order valence-corrected chi connectivity index (χ2v) is 7.80. The molecule has 0 bridgehead atoms. The van der Waals surface area contributed by atoms with E-state index in [0.717, 1.165) is 16.6 Å². The highest BCUT2D eigenvalue weighted by atomic mass is 79.9. The number of halogens is 2. The van der Waals surface area contributed by atoms with E-state index >= 15 is 0 Å². The summed E-state index contributed by atoms with van der Waals surface area (Å²) >= 11 is 7.24. The van der Waals surface area contributed by atoms with Gasteiger partial charge in [-0.05, 0) is 12.1 Å². The average Bonchev–Trinajstić information content (AvgIpc) is 3.08. The van der Waals surface area contributed by atoms with E-state index in [9.17, 15) is 19.7 Å². The van der Waals surface area contributed by atoms with Crippen LogP contribution in [0.2, 0.25) is 5.02 Å². The first-order chi connectivity index (χ1) is 14.4. The lowest BCUT2D eigenvalue weighted by molar-refractivity contribution is -0.684. The van der Waals surface area contributed by atoms with Crippen LogP contribution in [0.15, 0.2) is 54.0 Å². The third-order valence-corrected chi connectivity index (χ3v) is 5.97. The van der Waals surface area contributed by atoms with Gasteiger partial charge in [-0.25, -0.2) is 4.79 Å². The molecule has 3 aromatic rings. The van der Waals surface area contributed by atoms with Crippen LogP contribution in [0.5, 0.6) is 0 Å². The zero-order valence-electron chi connectivity index (χ0n) is 16.4. The van der Waals surface area contributed by atoms with E-state index in [1.807, 2.05) is 35.2 Å². The summed E-state index contributed by atoms with van der Waals surface area (Å²) in [5.74, 6) is -0.639. The molecule has 1 heterocycles. The number of Topliss-reactive ketones (excluding diaryl/α,β-unsaturated/α-hetero) is 1. The number of esters is 1. The summed E-state index contributed by atoms with van der Waals surface area (Å²) in [5, 5.41) is 10.9. The van der Waals surface area contributed by atoms with Crippen molar-refractivity contribution in [2.75, 3.05) is 6.61 Å². The number of hydrogen-bond donors (Lipinski definition) is 0. The topological polar surface area (TPSA) is 90.4 Å². The Morgan fingerprint density at radius 1 is 1.16 bits per heavy atom. The van der Waals surface area contributed by atoms with Crippen LogP contribution >= 0.6 is 22.9 Å². The third kappa shape index (κ3) is 6.19. The SMILES string of the molecule is Cc1c(CCOC(=O)c2ccc(Cl)c([N+](=O)[O-])c2)sc[n+]1CC(=O)c1ccccc1.[Br-]. The fourth-order valence-electron chi connectivity index (χ4n) is 2.82. The molecule has 0 aliphatic carbocycles. The quantitative estimate of drug-likeness (QED) is 0.145. The summed E-state index contributed by atoms with van der Waals surface area (Å²) in [5.41, 5.74) is 3.18. The smallest absolute Gasteiger partial charge is 0.338 e. The van der Waals surface area contributed by atoms with Gasteiger partial charge in [0.2, 0.25) is 17.8 Å². The molecular weight excluding hydrogens is 508 g/mol. The largest absolute Gasteiger partial charge is 1.00 e. The van der Waals surface area contributed by atoms with Crippen LogP contribution in [0.25, 0.3) is 0 Å². The van der Waals surface area contributed by atoms with Gasteiger partial charge in [0.15, 0.2) is 5.69 Å². The number of nitro benzene ring substituents is 1. The Morgan fingerprint density at radius 2 is 1.87 bits per heavy atom. The number of ketones is 1. The second-order valence-electron chi connectivity index (χ2n) is 6.46. The number of rotatable bonds is 8. The summed E-state index contributed by atoms with van der Waals surface area (Å²) in [7, 11) is 0. The maximum Gasteiger partial charge on any atom is 0.338 e. The van der Waals surface area contributed by atoms with E-state index < -0.39 is 10.9 Å². The van der Waals surface area contributed by atoms with E-state index in [2.05, 4.69) is 0 Å². The van der Waals surface area contributed by atoms with Crippen LogP contribution in [0.1, 0.15) is 31.3 Å². The first-order valence-electron chi connectivity index (χ1n) is 9.02. The number of hydrogen-bond acceptors (Lipinski definition) is 6. The second kappa shape index (κ2) is 11.1. The van der Waals surface area contributed by atoms with Crippen LogP contribution in [0.3, 0.4) is 0 Å². The monoisotopic (exact) mass is 524 g/mol. The van der Waals surface area contributed by atoms with E-state index in [4.69, 9.17) is 16.3 Å². The number of nitro groups is 1. The fourth-order valence-corrected chi connectivity index (χ4v) is 3.98. The Balaban J connectivity index is 0.00000341. The molecule has 0 unspecified atom stereocenters. The Bertz CT molecular complexity index is 1100. The molecule has 0 spiro atoms. The normalized spacial score (nSPS) is 10.3. The number of ether oxygens (including phenoxy) is 1. The highest BCUT2D eigenvalue weighted by Gasteiger charge is 2.20. The minimum atomic E-state index is -0.656. The van der Waals surface area contributed by atoms with E-state index in [-0.39, 0.29) is 52.2 Å². The summed E-state index contributed by atoms with van der Waals surface area (Å²) < 4.78 is 7.12. The van der Waals surface area contributed by atoms with Crippen LogP contribution in [-0.2, 0) is 17.7 Å². The van der Waals surface area contributed by atoms with Gasteiger partial charge in [0.25, 0.3) is 5.69 Å². The minimum absolute atomic E-state index is 0. The molecular formula is C21H18BrClN2O5S. The zero-order chi connectivity index (χ0) is 21.7. The molecule has 0 fully saturated rings. The molecule has 31 heavy (non-hydrogen) atoms. The summed E-state index contributed by atoms with van der Waals surface area (Å²) in [6.45, 7) is 2.26. The highest BCUT2D eigenvalue weighted by molar-refractivity contribution is 7.09. The van der Waals surface area contributed by atoms with Gasteiger partial charge in [-0.3, -0.25) is 14.9 Å². The molecule has 10 heteroatoms. The predicted octanol–water partition coefficient (Wildman–Crippen LogP) is 1.19. The van der Waals surface area contributed by atoms with Gasteiger partial charge in [-0.1, -0.05) is 53.3 Å². The van der Waals surface area contributed by atoms with Gasteiger partial charge in [-0.15, -0.1) is 0 Å². The van der Waals surface area contributed by atoms with Gasteiger partial charge in [0.05, 0.1) is 22.0 Å². The molecule has 2 aromatic carbocycles. The first-order valence-corrected chi connectivity index (χ1v) is 10.3. The van der Waals surface area contributed by atoms with Gasteiger partial charge >= 0.3 is 5.97 Å². The van der Waals surface area contributed by atoms with Crippen molar-refractivity contribution in [3.05, 3.63) is 90.9 Å². The van der Waals surface area contributed by atoms with Crippen LogP contribution in [0.4, 0.5) is 5.69 Å². The van der Waals surface area contributed by atoms with E-state index in [0.29, 0.717) is 12.0 Å². The molecule has 1 aromatic heterocycles. The molecule has 0 amide bonds. The van der Waals surface area contributed by atoms with Crippen molar-refractivity contribution >= 4 is 40.4 Å². The molecule has 7 nitrogen and oxygen atoms in total. The van der Waals surface area contributed by atoms with E-state index in [1.165, 1.54) is 23.5 Å². The minimum Gasteiger partial charge on any atom is -1.00 e. The van der Waals surface area contributed by atoms with Crippen molar-refractivity contribution in [1.29, 1.82) is 0 Å². The molecule has 0 N–H and O–H groups in total. The van der Waals surface area contributed by atoms with Crippen molar-refractivity contribution in [3.8, 4) is 0 Å². The Labute approximate surface area is 198 Å². The summed E-state index contributed by atoms with van der Waals surface area (Å²) in [4.78, 5) is 35.9. The Kier molecular flexibility index (Phi) is 8.85. The highest BCUT2D eigenvalue weighted by Crippen LogP contribution is 2.25. The van der Waals surface area contributed by atoms with Crippen molar-refractivity contribution in [2.24, 2.45) is 0 Å². The molecule has 0 radical (unpaired) electrons. The number of carbonyl (C=O) groups is 2. The predicted molar refractivity (Wildman–Crippen MR) is 112 cm³/mol. The zero-order valence-corrected chi connectivity index (χ0v) is 19.6. The molecule has 0 saturated carbocycles. The lowest BCUT2D eigenvalue weighted by Gasteiger charge is -2.04. The molecule has 0 atom stereocenters. The first kappa shape index (κ1) is 24.6. The van der Waals surface area contributed by atoms with Gasteiger partial charge in [0, 0.05) is 25.0 Å². The molecule has 3 rings (SSSR count). The summed E-state index contributed by atoms with van der Waals surface area (Å²) in [6.07, 6.45) is 0.477. The number of nitrogens with zero attached hydrogens (tertiary/aromatic N) is 2. The maximum absolute atomic E-state index is 12.4. The third-order valence-electron chi connectivity index (χ3n) is 4.51. The molecule has 0 aliphatic rings. The fraction of sp³-hybridized carbons (Fsp3) is 0.190. The van der Waals surface area contributed by atoms with Crippen molar-refractivity contribution in [2.45, 2.75) is 19.9 Å². The molecule has 0 saturated heterocycles. The van der Waals surface area contributed by atoms with Gasteiger partial charge in [0.1, 0.15) is 5.02 Å². The van der Waals surface area contributed by atoms with Crippen molar-refractivity contribution < 1.29 is 40.8 Å². The standard InChI is InChI=1S/C21H18ClN2O5S.BrH/c1-14-20(30-13-23(14)12-19(25)15-5-3-2-4-6-15)9-10-29-21(26)16-7-8-17(22)18(11-16)24(27)28;/h2-8,11,13H,9-10,12H2,1H3;1H/q+1;/p-1. The Hall–Kier alpha value is -2.62. The van der Waals surface area contributed by atoms with Crippen LogP contribution < -0.4 is 21.5 Å². The summed E-state index contributed by atoms with van der Waals surface area (Å²) in [6, 6.07) is 12.9. The molecule has 162 valence electrons. The lowest BCUT2D eigenvalue weighted by Crippen LogP contribution is -3.00. The lowest BCUT2D eigenvalue weighted by atomic mass is 10.1. The van der Waals surface area contributed by atoms with E-state index in [1.54, 1.807) is 12.1 Å².